The molecule has 0 saturated heterocycles. The Morgan fingerprint density at radius 3 is 2.63 bits per heavy atom. The number of hydrogen-bond donors (Lipinski definition) is 1. The Hall–Kier alpha value is -1.71. The molecule has 1 aromatic rings. The van der Waals surface area contributed by atoms with Crippen molar-refractivity contribution in [2.45, 2.75) is 6.42 Å². The molecule has 19 heavy (non-hydrogen) atoms. The average Bonchev–Trinajstić information content (AvgIpc) is 2.35. The van der Waals surface area contributed by atoms with Gasteiger partial charge in [-0.05, 0) is 28.7 Å². The zero-order valence-corrected chi connectivity index (χ0v) is 12.2. The van der Waals surface area contributed by atoms with Gasteiger partial charge in [0.15, 0.2) is 0 Å². The molecule has 1 N–H and O–H groups in total. The monoisotopic (exact) mass is 378 g/mol. The van der Waals surface area contributed by atoms with Gasteiger partial charge in [0.1, 0.15) is 0 Å². The molecule has 0 unspecified atom stereocenters. The Bertz CT molecular complexity index is 532. The van der Waals surface area contributed by atoms with Crippen molar-refractivity contribution >= 4 is 40.2 Å². The minimum absolute atomic E-state index is 0.0486. The van der Waals surface area contributed by atoms with Crippen LogP contribution in [-0.4, -0.2) is 40.4 Å². The molecule has 0 atom stereocenters. The summed E-state index contributed by atoms with van der Waals surface area (Å²) >= 11 is 1.90. The number of benzene rings is 1. The highest BCUT2D eigenvalue weighted by Gasteiger charge is 2.19. The number of aliphatic carboxylic acids is 1. The van der Waals surface area contributed by atoms with Crippen LogP contribution < -0.4 is 0 Å². The molecule has 0 fully saturated rings. The fourth-order valence-electron chi connectivity index (χ4n) is 1.36. The number of carbonyl (C=O) groups excluding carboxylic acids is 1. The first-order valence-corrected chi connectivity index (χ1v) is 6.32. The van der Waals surface area contributed by atoms with Crippen LogP contribution in [0.2, 0.25) is 0 Å². The van der Waals surface area contributed by atoms with Crippen molar-refractivity contribution in [3.63, 3.8) is 0 Å². The first-order chi connectivity index (χ1) is 8.82. The van der Waals surface area contributed by atoms with Gasteiger partial charge in [-0.2, -0.15) is 0 Å². The molecular weight excluding hydrogens is 367 g/mol. The lowest BCUT2D eigenvalue weighted by molar-refractivity contribution is -0.384. The first kappa shape index (κ1) is 15.3. The molecule has 8 heteroatoms. The van der Waals surface area contributed by atoms with Gasteiger partial charge in [-0.3, -0.25) is 19.7 Å². The van der Waals surface area contributed by atoms with Crippen LogP contribution >= 0.6 is 22.6 Å². The van der Waals surface area contributed by atoms with Crippen LogP contribution in [0, 0.1) is 13.7 Å². The molecular formula is C11H11IN2O5. The van der Waals surface area contributed by atoms with E-state index in [9.17, 15) is 19.7 Å². The molecule has 0 spiro atoms. The zero-order valence-electron chi connectivity index (χ0n) is 10.00. The van der Waals surface area contributed by atoms with Gasteiger partial charge < -0.3 is 10.0 Å². The molecule has 0 aromatic heterocycles. The second-order valence-electron chi connectivity index (χ2n) is 3.79. The lowest BCUT2D eigenvalue weighted by atomic mass is 10.2. The summed E-state index contributed by atoms with van der Waals surface area (Å²) in [5, 5.41) is 19.2. The maximum Gasteiger partial charge on any atom is 0.305 e. The molecule has 0 saturated carbocycles. The quantitative estimate of drug-likeness (QED) is 0.478. The van der Waals surface area contributed by atoms with Crippen LogP contribution in [0.4, 0.5) is 5.69 Å². The summed E-state index contributed by atoms with van der Waals surface area (Å²) in [4.78, 5) is 33.8. The maximum absolute atomic E-state index is 12.1. The predicted octanol–water partition coefficient (Wildman–Crippen LogP) is 1.75. The van der Waals surface area contributed by atoms with Crippen molar-refractivity contribution in [3.8, 4) is 0 Å². The van der Waals surface area contributed by atoms with Crippen molar-refractivity contribution in [3.05, 3.63) is 37.4 Å². The minimum Gasteiger partial charge on any atom is -0.481 e. The number of carboxylic acid groups (broad SMARTS) is 1. The van der Waals surface area contributed by atoms with E-state index in [1.807, 2.05) is 22.6 Å². The molecule has 0 aliphatic heterocycles. The van der Waals surface area contributed by atoms with Gasteiger partial charge in [0.2, 0.25) is 0 Å². The molecule has 0 aliphatic carbocycles. The van der Waals surface area contributed by atoms with Gasteiger partial charge in [0.05, 0.1) is 16.9 Å². The Morgan fingerprint density at radius 1 is 1.47 bits per heavy atom. The number of rotatable bonds is 5. The lowest BCUT2D eigenvalue weighted by Crippen LogP contribution is -2.29. The van der Waals surface area contributed by atoms with E-state index < -0.39 is 16.8 Å². The summed E-state index contributed by atoms with van der Waals surface area (Å²) < 4.78 is 0.579. The standard InChI is InChI=1S/C11H11IN2O5/c1-13(5-4-10(15)16)11(17)8-6-7(14(18)19)2-3-9(8)12/h2-3,6H,4-5H2,1H3,(H,15,16). The topological polar surface area (TPSA) is 101 Å². The smallest absolute Gasteiger partial charge is 0.305 e. The van der Waals surface area contributed by atoms with Gasteiger partial charge >= 0.3 is 5.97 Å². The van der Waals surface area contributed by atoms with Gasteiger partial charge in [-0.1, -0.05) is 0 Å². The van der Waals surface area contributed by atoms with Gasteiger partial charge in [0.25, 0.3) is 11.6 Å². The highest BCUT2D eigenvalue weighted by Crippen LogP contribution is 2.20. The Balaban J connectivity index is 2.95. The van der Waals surface area contributed by atoms with Gasteiger partial charge in [-0.15, -0.1) is 0 Å². The lowest BCUT2D eigenvalue weighted by Gasteiger charge is -2.16. The number of non-ortho nitro benzene ring substituents is 1. The number of nitro groups is 1. The van der Waals surface area contributed by atoms with Crippen LogP contribution in [0.1, 0.15) is 16.8 Å². The van der Waals surface area contributed by atoms with Gasteiger partial charge in [0, 0.05) is 29.3 Å². The van der Waals surface area contributed by atoms with Crippen LogP contribution in [-0.2, 0) is 4.79 Å². The molecule has 0 radical (unpaired) electrons. The molecule has 0 aliphatic rings. The Kier molecular flexibility index (Phi) is 5.21. The number of hydrogen-bond acceptors (Lipinski definition) is 4. The van der Waals surface area contributed by atoms with E-state index in [1.54, 1.807) is 0 Å². The van der Waals surface area contributed by atoms with Crippen molar-refractivity contribution < 1.29 is 19.6 Å². The van der Waals surface area contributed by atoms with E-state index in [1.165, 1.54) is 30.1 Å². The average molecular weight is 378 g/mol. The first-order valence-electron chi connectivity index (χ1n) is 5.24. The van der Waals surface area contributed by atoms with E-state index in [0.717, 1.165) is 0 Å². The minimum atomic E-state index is -1.01. The second-order valence-corrected chi connectivity index (χ2v) is 4.95. The Labute approximate surface area is 122 Å². The van der Waals surface area contributed by atoms with E-state index in [4.69, 9.17) is 5.11 Å². The Morgan fingerprint density at radius 2 is 2.11 bits per heavy atom. The van der Waals surface area contributed by atoms with Crippen molar-refractivity contribution in [2.24, 2.45) is 0 Å². The largest absolute Gasteiger partial charge is 0.481 e. The highest BCUT2D eigenvalue weighted by molar-refractivity contribution is 14.1. The number of nitro benzene ring substituents is 1. The van der Waals surface area contributed by atoms with E-state index >= 15 is 0 Å². The fraction of sp³-hybridized carbons (Fsp3) is 0.273. The third-order valence-corrected chi connectivity index (χ3v) is 3.34. The zero-order chi connectivity index (χ0) is 14.6. The van der Waals surface area contributed by atoms with E-state index in [2.05, 4.69) is 0 Å². The van der Waals surface area contributed by atoms with E-state index in [0.29, 0.717) is 3.57 Å². The molecule has 1 amide bonds. The molecule has 0 heterocycles. The number of carbonyl (C=O) groups is 2. The number of amides is 1. The van der Waals surface area contributed by atoms with E-state index in [-0.39, 0.29) is 24.2 Å². The summed E-state index contributed by atoms with van der Waals surface area (Å²) in [5.74, 6) is -1.44. The van der Waals surface area contributed by atoms with Crippen molar-refractivity contribution in [1.82, 2.24) is 4.90 Å². The fourth-order valence-corrected chi connectivity index (χ4v) is 1.93. The summed E-state index contributed by atoms with van der Waals surface area (Å²) in [6, 6.07) is 3.99. The number of nitrogens with zero attached hydrogens (tertiary/aromatic N) is 2. The molecule has 1 aromatic carbocycles. The SMILES string of the molecule is CN(CCC(=O)O)C(=O)c1cc([N+](=O)[O-])ccc1I. The molecule has 102 valence electrons. The third kappa shape index (κ3) is 4.16. The van der Waals surface area contributed by atoms with Crippen molar-refractivity contribution in [1.29, 1.82) is 0 Å². The summed E-state index contributed by atoms with van der Waals surface area (Å²) in [7, 11) is 1.46. The van der Waals surface area contributed by atoms with Crippen molar-refractivity contribution in [2.75, 3.05) is 13.6 Å². The molecule has 0 bridgehead atoms. The third-order valence-electron chi connectivity index (χ3n) is 2.40. The predicted molar refractivity (Wildman–Crippen MR) is 75.0 cm³/mol. The van der Waals surface area contributed by atoms with Crippen LogP contribution in [0.3, 0.4) is 0 Å². The number of halogens is 1. The molecule has 1 rings (SSSR count). The highest BCUT2D eigenvalue weighted by atomic mass is 127. The van der Waals surface area contributed by atoms with Gasteiger partial charge in [-0.25, -0.2) is 0 Å². The summed E-state index contributed by atoms with van der Waals surface area (Å²) in [5.41, 5.74) is 0.0260. The second kappa shape index (κ2) is 6.45. The molecule has 7 nitrogen and oxygen atoms in total. The van der Waals surface area contributed by atoms with Crippen LogP contribution in [0.25, 0.3) is 0 Å². The normalized spacial score (nSPS) is 10.0. The maximum atomic E-state index is 12.1. The summed E-state index contributed by atoms with van der Waals surface area (Å²) in [6.07, 6.45) is -0.173. The van der Waals surface area contributed by atoms with Crippen LogP contribution in [0.15, 0.2) is 18.2 Å². The summed E-state index contributed by atoms with van der Waals surface area (Å²) in [6.45, 7) is 0.0486. The van der Waals surface area contributed by atoms with Crippen LogP contribution in [0.5, 0.6) is 0 Å². The number of carboxylic acids is 1.